The molecule has 29 heavy (non-hydrogen) atoms. The van der Waals surface area contributed by atoms with E-state index in [1.165, 1.54) is 12.1 Å². The van der Waals surface area contributed by atoms with Crippen molar-refractivity contribution in [2.75, 3.05) is 26.0 Å². The summed E-state index contributed by atoms with van der Waals surface area (Å²) in [7, 11) is -3.44. The summed E-state index contributed by atoms with van der Waals surface area (Å²) in [6, 6.07) is 4.79. The molecule has 0 spiro atoms. The van der Waals surface area contributed by atoms with Crippen LogP contribution in [0.3, 0.4) is 0 Å². The van der Waals surface area contributed by atoms with Crippen molar-refractivity contribution in [1.29, 1.82) is 0 Å². The molecular weight excluding hydrogens is 399 g/mol. The van der Waals surface area contributed by atoms with Crippen LogP contribution in [0, 0.1) is 11.7 Å². The fourth-order valence-corrected chi connectivity index (χ4v) is 5.42. The molecule has 0 aromatic heterocycles. The van der Waals surface area contributed by atoms with Gasteiger partial charge in [-0.25, -0.2) is 17.6 Å². The van der Waals surface area contributed by atoms with Crippen LogP contribution in [-0.4, -0.2) is 73.5 Å². The quantitative estimate of drug-likeness (QED) is 0.779. The molecule has 3 aliphatic rings. The van der Waals surface area contributed by atoms with Crippen molar-refractivity contribution < 1.29 is 27.4 Å². The molecule has 1 saturated heterocycles. The van der Waals surface area contributed by atoms with Crippen molar-refractivity contribution >= 4 is 15.9 Å². The molecule has 1 amide bonds. The van der Waals surface area contributed by atoms with E-state index in [0.717, 1.165) is 51.0 Å². The van der Waals surface area contributed by atoms with Gasteiger partial charge in [-0.2, -0.15) is 0 Å². The van der Waals surface area contributed by atoms with Crippen molar-refractivity contribution in [2.45, 2.75) is 55.1 Å². The summed E-state index contributed by atoms with van der Waals surface area (Å²) < 4.78 is 42.8. The van der Waals surface area contributed by atoms with Crippen LogP contribution in [0.4, 0.5) is 9.18 Å². The van der Waals surface area contributed by atoms with Gasteiger partial charge >= 0.3 is 6.09 Å². The third kappa shape index (κ3) is 4.35. The second kappa shape index (κ2) is 7.75. The SMILES string of the molecule is CS(=O)(=O)c1ccc(OC[C@H]2CC[C@H](N3CCN(C(=O)O)C4CC43)CC2)c(F)c1. The predicted molar refractivity (Wildman–Crippen MR) is 104 cm³/mol. The van der Waals surface area contributed by atoms with Crippen molar-refractivity contribution in [3.8, 4) is 5.75 Å². The van der Waals surface area contributed by atoms with E-state index in [1.807, 2.05) is 0 Å². The van der Waals surface area contributed by atoms with Crippen LogP contribution in [0.5, 0.6) is 5.75 Å². The molecule has 2 unspecified atom stereocenters. The molecule has 1 aromatic rings. The molecule has 7 nitrogen and oxygen atoms in total. The lowest BCUT2D eigenvalue weighted by atomic mass is 9.85. The molecular formula is C20H27FN2O5S. The number of piperazine rings is 1. The predicted octanol–water partition coefficient (Wildman–Crippen LogP) is 2.60. The monoisotopic (exact) mass is 426 g/mol. The maximum atomic E-state index is 14.1. The van der Waals surface area contributed by atoms with Gasteiger partial charge < -0.3 is 14.7 Å². The Morgan fingerprint density at radius 1 is 1.21 bits per heavy atom. The van der Waals surface area contributed by atoms with Gasteiger partial charge in [0.15, 0.2) is 21.4 Å². The second-order valence-corrected chi connectivity index (χ2v) is 10.4. The van der Waals surface area contributed by atoms with E-state index in [9.17, 15) is 22.7 Å². The molecule has 2 atom stereocenters. The smallest absolute Gasteiger partial charge is 0.407 e. The summed E-state index contributed by atoms with van der Waals surface area (Å²) in [5.74, 6) is -0.224. The number of hydrogen-bond acceptors (Lipinski definition) is 5. The number of hydrogen-bond donors (Lipinski definition) is 1. The highest BCUT2D eigenvalue weighted by Gasteiger charge is 2.52. The standard InChI is InChI=1S/C20H27FN2O5S/c1-29(26,27)15-6-7-19(16(21)10-15)28-12-13-2-4-14(5-3-13)22-8-9-23(20(24)25)18-11-17(18)22/h6-7,10,13-14,17-18H,2-5,8-9,11-12H2,1H3,(H,24,25)/t13-,14-,17?,18?. The van der Waals surface area contributed by atoms with E-state index in [2.05, 4.69) is 4.90 Å². The van der Waals surface area contributed by atoms with Gasteiger partial charge in [-0.3, -0.25) is 4.90 Å². The molecule has 1 N–H and O–H groups in total. The topological polar surface area (TPSA) is 87.2 Å². The number of fused-ring (bicyclic) bond motifs is 1. The first-order valence-electron chi connectivity index (χ1n) is 10.1. The molecule has 3 fully saturated rings. The number of rotatable bonds is 5. The van der Waals surface area contributed by atoms with Crippen molar-refractivity contribution in [1.82, 2.24) is 9.80 Å². The Hall–Kier alpha value is -1.87. The zero-order valence-electron chi connectivity index (χ0n) is 16.5. The van der Waals surface area contributed by atoms with Crippen molar-refractivity contribution in [2.24, 2.45) is 5.92 Å². The first-order valence-corrected chi connectivity index (χ1v) is 12.0. The molecule has 2 aliphatic carbocycles. The molecule has 1 aliphatic heterocycles. The van der Waals surface area contributed by atoms with Gasteiger partial charge in [-0.05, 0) is 56.2 Å². The number of amides is 1. The van der Waals surface area contributed by atoms with Gasteiger partial charge in [-0.1, -0.05) is 0 Å². The van der Waals surface area contributed by atoms with Crippen LogP contribution in [0.15, 0.2) is 23.1 Å². The number of carboxylic acid groups (broad SMARTS) is 1. The molecule has 4 rings (SSSR count). The van der Waals surface area contributed by atoms with Gasteiger partial charge in [0.2, 0.25) is 0 Å². The minimum Gasteiger partial charge on any atom is -0.490 e. The average molecular weight is 427 g/mol. The highest BCUT2D eigenvalue weighted by Crippen LogP contribution is 2.41. The maximum absolute atomic E-state index is 14.1. The Balaban J connectivity index is 1.26. The van der Waals surface area contributed by atoms with Crippen LogP contribution in [-0.2, 0) is 9.84 Å². The lowest BCUT2D eigenvalue weighted by Crippen LogP contribution is -2.52. The zero-order chi connectivity index (χ0) is 20.8. The summed E-state index contributed by atoms with van der Waals surface area (Å²) in [5.41, 5.74) is 0. The van der Waals surface area contributed by atoms with Crippen LogP contribution < -0.4 is 4.74 Å². The fraction of sp³-hybridized carbons (Fsp3) is 0.650. The molecule has 0 bridgehead atoms. The Bertz CT molecular complexity index is 885. The fourth-order valence-electron chi connectivity index (χ4n) is 4.79. The number of sulfone groups is 1. The summed E-state index contributed by atoms with van der Waals surface area (Å²) in [6.45, 7) is 1.81. The summed E-state index contributed by atoms with van der Waals surface area (Å²) in [4.78, 5) is 15.2. The van der Waals surface area contributed by atoms with Crippen molar-refractivity contribution in [3.05, 3.63) is 24.0 Å². The molecule has 1 aromatic carbocycles. The normalized spacial score (nSPS) is 29.9. The van der Waals surface area contributed by atoms with Crippen LogP contribution in [0.25, 0.3) is 0 Å². The van der Waals surface area contributed by atoms with Gasteiger partial charge in [0.05, 0.1) is 17.5 Å². The minimum atomic E-state index is -3.44. The number of benzene rings is 1. The Morgan fingerprint density at radius 3 is 2.55 bits per heavy atom. The van der Waals surface area contributed by atoms with Gasteiger partial charge in [0, 0.05) is 31.4 Å². The van der Waals surface area contributed by atoms with Crippen LogP contribution in [0.1, 0.15) is 32.1 Å². The van der Waals surface area contributed by atoms with Crippen molar-refractivity contribution in [3.63, 3.8) is 0 Å². The number of halogens is 1. The number of carbonyl (C=O) groups is 1. The molecule has 2 saturated carbocycles. The maximum Gasteiger partial charge on any atom is 0.407 e. The Labute approximate surface area is 170 Å². The zero-order valence-corrected chi connectivity index (χ0v) is 17.3. The average Bonchev–Trinajstić information content (AvgIpc) is 3.46. The third-order valence-electron chi connectivity index (χ3n) is 6.49. The van der Waals surface area contributed by atoms with Gasteiger partial charge in [0.25, 0.3) is 0 Å². The third-order valence-corrected chi connectivity index (χ3v) is 7.60. The highest BCUT2D eigenvalue weighted by atomic mass is 32.2. The van der Waals surface area contributed by atoms with Crippen LogP contribution in [0.2, 0.25) is 0 Å². The van der Waals surface area contributed by atoms with Gasteiger partial charge in [0.1, 0.15) is 0 Å². The summed E-state index contributed by atoms with van der Waals surface area (Å²) >= 11 is 0. The first kappa shape index (κ1) is 20.4. The Morgan fingerprint density at radius 2 is 1.93 bits per heavy atom. The minimum absolute atomic E-state index is 0.0516. The Kier molecular flexibility index (Phi) is 5.46. The van der Waals surface area contributed by atoms with E-state index in [-0.39, 0.29) is 16.7 Å². The summed E-state index contributed by atoms with van der Waals surface area (Å²) in [6.07, 6.45) is 5.24. The van der Waals surface area contributed by atoms with Crippen LogP contribution >= 0.6 is 0 Å². The van der Waals surface area contributed by atoms with E-state index < -0.39 is 21.7 Å². The molecule has 1 heterocycles. The van der Waals surface area contributed by atoms with Gasteiger partial charge in [-0.15, -0.1) is 0 Å². The lowest BCUT2D eigenvalue weighted by Gasteiger charge is -2.41. The highest BCUT2D eigenvalue weighted by molar-refractivity contribution is 7.90. The molecule has 0 radical (unpaired) electrons. The van der Waals surface area contributed by atoms with E-state index >= 15 is 0 Å². The lowest BCUT2D eigenvalue weighted by molar-refractivity contribution is 0.0585. The van der Waals surface area contributed by atoms with E-state index in [4.69, 9.17) is 4.74 Å². The van der Waals surface area contributed by atoms with E-state index in [1.54, 1.807) is 4.90 Å². The first-order chi connectivity index (χ1) is 13.7. The molecule has 9 heteroatoms. The summed E-state index contributed by atoms with van der Waals surface area (Å²) in [5, 5.41) is 9.23. The number of nitrogens with zero attached hydrogens (tertiary/aromatic N) is 2. The largest absolute Gasteiger partial charge is 0.490 e. The molecule has 160 valence electrons. The van der Waals surface area contributed by atoms with E-state index in [0.29, 0.717) is 31.2 Å². The number of ether oxygens (including phenoxy) is 1. The second-order valence-electron chi connectivity index (χ2n) is 8.43.